The predicted octanol–water partition coefficient (Wildman–Crippen LogP) is 4.22. The summed E-state index contributed by atoms with van der Waals surface area (Å²) in [5.41, 5.74) is 3.16. The van der Waals surface area contributed by atoms with Crippen molar-refractivity contribution in [2.45, 2.75) is 30.8 Å². The summed E-state index contributed by atoms with van der Waals surface area (Å²) in [6, 6.07) is 13.7. The molecule has 0 spiro atoms. The molecule has 0 fully saturated rings. The summed E-state index contributed by atoms with van der Waals surface area (Å²) in [4.78, 5) is 33.3. The van der Waals surface area contributed by atoms with E-state index in [4.69, 9.17) is 14.8 Å². The Balaban J connectivity index is 1.60. The molecule has 3 heterocycles. The fourth-order valence-corrected chi connectivity index (χ4v) is 4.97. The lowest BCUT2D eigenvalue weighted by Gasteiger charge is -2.27. The van der Waals surface area contributed by atoms with E-state index >= 15 is 0 Å². The minimum absolute atomic E-state index is 0.0410. The number of nitro groups is 1. The molecule has 2 aromatic carbocycles. The van der Waals surface area contributed by atoms with Gasteiger partial charge in [0.15, 0.2) is 0 Å². The Morgan fingerprint density at radius 3 is 2.72 bits per heavy atom. The van der Waals surface area contributed by atoms with Gasteiger partial charge in [-0.2, -0.15) is 4.98 Å². The van der Waals surface area contributed by atoms with Crippen molar-refractivity contribution < 1.29 is 14.5 Å². The molecule has 4 aromatic rings. The minimum Gasteiger partial charge on any atom is -0.463 e. The fourth-order valence-electron chi connectivity index (χ4n) is 4.18. The van der Waals surface area contributed by atoms with Gasteiger partial charge in [0.05, 0.1) is 28.1 Å². The summed E-state index contributed by atoms with van der Waals surface area (Å²) in [6.45, 7) is 3.73. The van der Waals surface area contributed by atoms with Gasteiger partial charge in [0.25, 0.3) is 5.69 Å². The lowest BCUT2D eigenvalue weighted by Crippen LogP contribution is -2.31. The molecule has 0 saturated heterocycles. The number of aryl methyl sites for hydroxylation is 1. The maximum atomic E-state index is 13.1. The Labute approximate surface area is 210 Å². The number of carbonyl (C=O) groups is 1. The third-order valence-corrected chi connectivity index (χ3v) is 6.80. The molecule has 0 unspecified atom stereocenters. The number of imidazole rings is 1. The van der Waals surface area contributed by atoms with Gasteiger partial charge in [0.1, 0.15) is 11.9 Å². The number of hydrogen-bond donors (Lipinski definition) is 1. The number of thioether (sulfide) groups is 1. The number of hydrogen-bond acceptors (Lipinski definition) is 9. The second-order valence-corrected chi connectivity index (χ2v) is 9.13. The average molecular weight is 506 g/mol. The number of non-ortho nitro benzene ring substituents is 1. The summed E-state index contributed by atoms with van der Waals surface area (Å²) in [6.07, 6.45) is 0. The zero-order valence-electron chi connectivity index (χ0n) is 19.8. The first-order chi connectivity index (χ1) is 17.4. The number of anilines is 1. The molecule has 2 aromatic heterocycles. The van der Waals surface area contributed by atoms with Crippen molar-refractivity contribution in [2.75, 3.05) is 11.9 Å². The second kappa shape index (κ2) is 9.46. The number of rotatable bonds is 7. The average Bonchev–Trinajstić information content (AvgIpc) is 3.42. The SMILES string of the molecule is CCOC(=O)C1=C(C)Nc2nc(SCc3ccccc3)nn2[C@@H]1c1nc2ccc([N+](=O)[O-])cc2n1C. The summed E-state index contributed by atoms with van der Waals surface area (Å²) < 4.78 is 8.74. The first kappa shape index (κ1) is 23.5. The molecule has 12 heteroatoms. The first-order valence-corrected chi connectivity index (χ1v) is 12.2. The zero-order valence-corrected chi connectivity index (χ0v) is 20.7. The van der Waals surface area contributed by atoms with Gasteiger partial charge < -0.3 is 14.6 Å². The Kier molecular flexibility index (Phi) is 6.18. The third-order valence-electron chi connectivity index (χ3n) is 5.89. The third kappa shape index (κ3) is 4.19. The second-order valence-electron chi connectivity index (χ2n) is 8.18. The number of ether oxygens (including phenoxy) is 1. The van der Waals surface area contributed by atoms with Gasteiger partial charge in [-0.05, 0) is 25.5 Å². The fraction of sp³-hybridized carbons (Fsp3) is 0.250. The number of carbonyl (C=O) groups excluding carboxylic acids is 1. The highest BCUT2D eigenvalue weighted by Gasteiger charge is 2.38. The van der Waals surface area contributed by atoms with Crippen molar-refractivity contribution in [1.82, 2.24) is 24.3 Å². The highest BCUT2D eigenvalue weighted by molar-refractivity contribution is 7.98. The van der Waals surface area contributed by atoms with Gasteiger partial charge in [0.2, 0.25) is 11.1 Å². The Morgan fingerprint density at radius 2 is 2.00 bits per heavy atom. The van der Waals surface area contributed by atoms with E-state index in [1.807, 2.05) is 30.3 Å². The van der Waals surface area contributed by atoms with Crippen LogP contribution >= 0.6 is 11.8 Å². The Morgan fingerprint density at radius 1 is 1.22 bits per heavy atom. The highest BCUT2D eigenvalue weighted by Crippen LogP contribution is 2.38. The molecule has 0 bridgehead atoms. The summed E-state index contributed by atoms with van der Waals surface area (Å²) in [7, 11) is 1.76. The van der Waals surface area contributed by atoms with Crippen LogP contribution in [0.1, 0.15) is 31.3 Å². The lowest BCUT2D eigenvalue weighted by atomic mass is 10.0. The molecule has 184 valence electrons. The largest absolute Gasteiger partial charge is 0.463 e. The topological polar surface area (TPSA) is 130 Å². The van der Waals surface area contributed by atoms with Gasteiger partial charge in [0, 0.05) is 30.6 Å². The Hall–Kier alpha value is -4.19. The summed E-state index contributed by atoms with van der Waals surface area (Å²) in [5, 5.41) is 19.7. The van der Waals surface area contributed by atoms with E-state index in [2.05, 4.69) is 10.3 Å². The van der Waals surface area contributed by atoms with E-state index in [1.54, 1.807) is 36.2 Å². The first-order valence-electron chi connectivity index (χ1n) is 11.3. The quantitative estimate of drug-likeness (QED) is 0.170. The molecular weight excluding hydrogens is 482 g/mol. The van der Waals surface area contributed by atoms with Crippen molar-refractivity contribution in [3.8, 4) is 0 Å². The number of nitrogens with one attached hydrogen (secondary N) is 1. The normalized spacial score (nSPS) is 15.0. The van der Waals surface area contributed by atoms with E-state index in [-0.39, 0.29) is 12.3 Å². The van der Waals surface area contributed by atoms with E-state index in [9.17, 15) is 14.9 Å². The van der Waals surface area contributed by atoms with E-state index in [0.29, 0.717) is 45.0 Å². The van der Waals surface area contributed by atoms with Crippen LogP contribution < -0.4 is 5.32 Å². The van der Waals surface area contributed by atoms with Crippen LogP contribution in [0.3, 0.4) is 0 Å². The van der Waals surface area contributed by atoms with E-state index in [1.165, 1.54) is 23.9 Å². The molecule has 1 aliphatic rings. The van der Waals surface area contributed by atoms with Crippen LogP contribution in [-0.4, -0.2) is 41.8 Å². The molecule has 36 heavy (non-hydrogen) atoms. The zero-order chi connectivity index (χ0) is 25.4. The maximum absolute atomic E-state index is 13.1. The van der Waals surface area contributed by atoms with Crippen molar-refractivity contribution in [3.63, 3.8) is 0 Å². The smallest absolute Gasteiger partial charge is 0.338 e. The van der Waals surface area contributed by atoms with Crippen LogP contribution in [0.4, 0.5) is 11.6 Å². The van der Waals surface area contributed by atoms with Crippen LogP contribution in [-0.2, 0) is 22.3 Å². The molecule has 0 amide bonds. The molecule has 0 saturated carbocycles. The van der Waals surface area contributed by atoms with Crippen LogP contribution in [0.2, 0.25) is 0 Å². The number of nitro benzene ring substituents is 1. The summed E-state index contributed by atoms with van der Waals surface area (Å²) >= 11 is 1.48. The number of esters is 1. The molecular formula is C24H23N7O4S. The number of aromatic nitrogens is 5. The lowest BCUT2D eigenvalue weighted by molar-refractivity contribution is -0.384. The van der Waals surface area contributed by atoms with Crippen LogP contribution in [0, 0.1) is 10.1 Å². The number of benzene rings is 2. The Bertz CT molecular complexity index is 1510. The van der Waals surface area contributed by atoms with E-state index in [0.717, 1.165) is 5.56 Å². The highest BCUT2D eigenvalue weighted by atomic mass is 32.2. The van der Waals surface area contributed by atoms with Gasteiger partial charge in [-0.25, -0.2) is 14.5 Å². The van der Waals surface area contributed by atoms with Crippen LogP contribution in [0.15, 0.2) is 65.0 Å². The molecule has 1 N–H and O–H groups in total. The molecule has 1 aliphatic heterocycles. The van der Waals surface area contributed by atoms with Crippen molar-refractivity contribution in [2.24, 2.45) is 7.05 Å². The van der Waals surface area contributed by atoms with Crippen molar-refractivity contribution in [3.05, 3.63) is 81.3 Å². The number of allylic oxidation sites excluding steroid dienone is 1. The van der Waals surface area contributed by atoms with Gasteiger partial charge >= 0.3 is 5.97 Å². The molecule has 0 radical (unpaired) electrons. The van der Waals surface area contributed by atoms with Crippen molar-refractivity contribution in [1.29, 1.82) is 0 Å². The maximum Gasteiger partial charge on any atom is 0.338 e. The monoisotopic (exact) mass is 505 g/mol. The van der Waals surface area contributed by atoms with E-state index < -0.39 is 16.9 Å². The predicted molar refractivity (Wildman–Crippen MR) is 134 cm³/mol. The van der Waals surface area contributed by atoms with Crippen molar-refractivity contribution >= 4 is 40.4 Å². The molecule has 1 atom stereocenters. The number of nitrogens with zero attached hydrogens (tertiary/aromatic N) is 6. The number of fused-ring (bicyclic) bond motifs is 2. The van der Waals surface area contributed by atoms with Crippen LogP contribution in [0.25, 0.3) is 11.0 Å². The van der Waals surface area contributed by atoms with Gasteiger partial charge in [-0.1, -0.05) is 42.1 Å². The standard InChI is InChI=1S/C24H23N7O4S/c1-4-35-22(32)19-14(2)25-23-27-24(36-13-15-8-6-5-7-9-15)28-30(23)20(19)21-26-17-11-10-16(31(33)34)12-18(17)29(21)3/h5-12,20H,4,13H2,1-3H3,(H,25,27,28)/t20-/m0/s1. The molecule has 11 nitrogen and oxygen atoms in total. The van der Waals surface area contributed by atoms with Gasteiger partial charge in [-0.15, -0.1) is 5.10 Å². The van der Waals surface area contributed by atoms with Gasteiger partial charge in [-0.3, -0.25) is 10.1 Å². The minimum atomic E-state index is -0.740. The molecule has 0 aliphatic carbocycles. The molecule has 5 rings (SSSR count). The summed E-state index contributed by atoms with van der Waals surface area (Å²) in [5.74, 6) is 1.15. The van der Waals surface area contributed by atoms with Crippen LogP contribution in [0.5, 0.6) is 0 Å².